The van der Waals surface area contributed by atoms with Gasteiger partial charge in [0.2, 0.25) is 11.8 Å². The van der Waals surface area contributed by atoms with Gasteiger partial charge in [-0.05, 0) is 32.9 Å². The molecular weight excluding hydrogens is 322 g/mol. The predicted molar refractivity (Wildman–Crippen MR) is 90.7 cm³/mol. The van der Waals surface area contributed by atoms with Crippen molar-refractivity contribution in [2.24, 2.45) is 0 Å². The van der Waals surface area contributed by atoms with Crippen LogP contribution in [-0.2, 0) is 4.79 Å². The summed E-state index contributed by atoms with van der Waals surface area (Å²) < 4.78 is 10.6. The van der Waals surface area contributed by atoms with Gasteiger partial charge in [-0.2, -0.15) is 4.98 Å². The van der Waals surface area contributed by atoms with Crippen molar-refractivity contribution in [2.75, 3.05) is 32.7 Å². The van der Waals surface area contributed by atoms with Gasteiger partial charge < -0.3 is 14.3 Å². The van der Waals surface area contributed by atoms with E-state index in [0.717, 1.165) is 31.9 Å². The van der Waals surface area contributed by atoms with Crippen LogP contribution in [0.5, 0.6) is 0 Å². The third-order valence-corrected chi connectivity index (χ3v) is 4.57. The molecule has 8 nitrogen and oxygen atoms in total. The first kappa shape index (κ1) is 17.6. The van der Waals surface area contributed by atoms with E-state index in [2.05, 4.69) is 32.2 Å². The molecule has 0 unspecified atom stereocenters. The van der Waals surface area contributed by atoms with Crippen LogP contribution >= 0.6 is 0 Å². The summed E-state index contributed by atoms with van der Waals surface area (Å²) in [6.07, 6.45) is 1.61. The minimum atomic E-state index is -0.121. The van der Waals surface area contributed by atoms with Gasteiger partial charge in [0, 0.05) is 26.2 Å². The lowest BCUT2D eigenvalue weighted by atomic mass is 10.2. The van der Waals surface area contributed by atoms with Crippen LogP contribution in [-0.4, -0.2) is 58.6 Å². The number of nitrogens with one attached hydrogen (secondary N) is 1. The van der Waals surface area contributed by atoms with Gasteiger partial charge in [0.1, 0.15) is 5.76 Å². The number of aryl methyl sites for hydroxylation is 1. The standard InChI is InChI=1S/C17H25N5O3/c1-12(15-5-4-10-24-15)18-16(23)11-21-6-8-22(9-7-21)13(2)17-19-14(3)20-25-17/h4-5,10,12-13H,6-9,11H2,1-3H3,(H,18,23)/t12-,13-/m0/s1. The summed E-state index contributed by atoms with van der Waals surface area (Å²) in [5.74, 6) is 2.08. The summed E-state index contributed by atoms with van der Waals surface area (Å²) in [4.78, 5) is 21.0. The van der Waals surface area contributed by atoms with Gasteiger partial charge >= 0.3 is 0 Å². The van der Waals surface area contributed by atoms with Crippen molar-refractivity contribution in [2.45, 2.75) is 32.9 Å². The average Bonchev–Trinajstić information content (AvgIpc) is 3.26. The Labute approximate surface area is 147 Å². The van der Waals surface area contributed by atoms with E-state index < -0.39 is 0 Å². The van der Waals surface area contributed by atoms with Crippen LogP contribution in [0.4, 0.5) is 0 Å². The molecular formula is C17H25N5O3. The summed E-state index contributed by atoms with van der Waals surface area (Å²) >= 11 is 0. The summed E-state index contributed by atoms with van der Waals surface area (Å²) in [5, 5.41) is 6.82. The van der Waals surface area contributed by atoms with Gasteiger partial charge in [-0.25, -0.2) is 0 Å². The van der Waals surface area contributed by atoms with Crippen molar-refractivity contribution in [1.29, 1.82) is 0 Å². The Kier molecular flexibility index (Phi) is 5.50. The highest BCUT2D eigenvalue weighted by molar-refractivity contribution is 5.78. The maximum Gasteiger partial charge on any atom is 0.243 e. The largest absolute Gasteiger partial charge is 0.467 e. The quantitative estimate of drug-likeness (QED) is 0.848. The van der Waals surface area contributed by atoms with Gasteiger partial charge in [-0.1, -0.05) is 5.16 Å². The lowest BCUT2D eigenvalue weighted by Gasteiger charge is -2.36. The van der Waals surface area contributed by atoms with Crippen LogP contribution < -0.4 is 5.32 Å². The van der Waals surface area contributed by atoms with Crippen LogP contribution in [0.3, 0.4) is 0 Å². The molecule has 1 aliphatic rings. The predicted octanol–water partition coefficient (Wildman–Crippen LogP) is 1.53. The number of furan rings is 1. The van der Waals surface area contributed by atoms with E-state index in [1.165, 1.54) is 0 Å². The Hall–Kier alpha value is -2.19. The van der Waals surface area contributed by atoms with Crippen molar-refractivity contribution in [3.8, 4) is 0 Å². The molecule has 1 amide bonds. The second-order valence-corrected chi connectivity index (χ2v) is 6.47. The topological polar surface area (TPSA) is 87.6 Å². The molecule has 136 valence electrons. The van der Waals surface area contributed by atoms with Crippen LogP contribution in [0.15, 0.2) is 27.3 Å². The number of nitrogens with zero attached hydrogens (tertiary/aromatic N) is 4. The molecule has 0 bridgehead atoms. The Morgan fingerprint density at radius 3 is 2.68 bits per heavy atom. The molecule has 1 saturated heterocycles. The number of rotatable bonds is 6. The molecule has 3 heterocycles. The molecule has 2 aromatic rings. The molecule has 0 saturated carbocycles. The number of hydrogen-bond acceptors (Lipinski definition) is 7. The van der Waals surface area contributed by atoms with Crippen LogP contribution in [0.25, 0.3) is 0 Å². The molecule has 1 N–H and O–H groups in total. The van der Waals surface area contributed by atoms with E-state index in [1.54, 1.807) is 6.26 Å². The van der Waals surface area contributed by atoms with E-state index in [1.807, 2.05) is 26.0 Å². The monoisotopic (exact) mass is 347 g/mol. The number of aromatic nitrogens is 2. The summed E-state index contributed by atoms with van der Waals surface area (Å²) in [6, 6.07) is 3.66. The Morgan fingerprint density at radius 1 is 1.32 bits per heavy atom. The zero-order valence-corrected chi connectivity index (χ0v) is 14.9. The highest BCUT2D eigenvalue weighted by Gasteiger charge is 2.26. The van der Waals surface area contributed by atoms with E-state index in [9.17, 15) is 4.79 Å². The number of carbonyl (C=O) groups is 1. The van der Waals surface area contributed by atoms with E-state index in [-0.39, 0.29) is 18.0 Å². The van der Waals surface area contributed by atoms with E-state index >= 15 is 0 Å². The second kappa shape index (κ2) is 7.79. The maximum atomic E-state index is 12.2. The fourth-order valence-corrected chi connectivity index (χ4v) is 3.05. The second-order valence-electron chi connectivity index (χ2n) is 6.47. The third-order valence-electron chi connectivity index (χ3n) is 4.57. The molecule has 0 radical (unpaired) electrons. The van der Waals surface area contributed by atoms with Gasteiger partial charge in [-0.3, -0.25) is 14.6 Å². The first-order valence-electron chi connectivity index (χ1n) is 8.62. The highest BCUT2D eigenvalue weighted by Crippen LogP contribution is 2.20. The van der Waals surface area contributed by atoms with Crippen LogP contribution in [0.2, 0.25) is 0 Å². The normalized spacial score (nSPS) is 18.8. The zero-order chi connectivity index (χ0) is 17.8. The van der Waals surface area contributed by atoms with Crippen molar-refractivity contribution >= 4 is 5.91 Å². The Bertz CT molecular complexity index is 676. The van der Waals surface area contributed by atoms with Crippen molar-refractivity contribution < 1.29 is 13.7 Å². The van der Waals surface area contributed by atoms with Crippen molar-refractivity contribution in [3.05, 3.63) is 35.9 Å². The number of hydrogen-bond donors (Lipinski definition) is 1. The average molecular weight is 347 g/mol. The van der Waals surface area contributed by atoms with Gasteiger partial charge in [-0.15, -0.1) is 0 Å². The van der Waals surface area contributed by atoms with Gasteiger partial charge in [0.15, 0.2) is 5.82 Å². The summed E-state index contributed by atoms with van der Waals surface area (Å²) in [6.45, 7) is 9.60. The fraction of sp³-hybridized carbons (Fsp3) is 0.588. The molecule has 0 spiro atoms. The molecule has 2 aromatic heterocycles. The number of carbonyl (C=O) groups excluding carboxylic acids is 1. The fourth-order valence-electron chi connectivity index (χ4n) is 3.05. The molecule has 2 atom stereocenters. The zero-order valence-electron chi connectivity index (χ0n) is 14.9. The lowest BCUT2D eigenvalue weighted by Crippen LogP contribution is -2.50. The van der Waals surface area contributed by atoms with Gasteiger partial charge in [0.25, 0.3) is 0 Å². The minimum absolute atomic E-state index is 0.0120. The first-order chi connectivity index (χ1) is 12.0. The van der Waals surface area contributed by atoms with Crippen LogP contribution in [0, 0.1) is 6.92 Å². The number of piperazine rings is 1. The lowest BCUT2D eigenvalue weighted by molar-refractivity contribution is -0.123. The molecule has 25 heavy (non-hydrogen) atoms. The third kappa shape index (κ3) is 4.46. The highest BCUT2D eigenvalue weighted by atomic mass is 16.5. The smallest absolute Gasteiger partial charge is 0.243 e. The van der Waals surface area contributed by atoms with E-state index in [4.69, 9.17) is 8.94 Å². The Balaban J connectivity index is 1.43. The number of amides is 1. The SMILES string of the molecule is Cc1noc([C@H](C)N2CCN(CC(=O)N[C@@H](C)c3ccco3)CC2)n1. The Morgan fingerprint density at radius 2 is 2.08 bits per heavy atom. The van der Waals surface area contributed by atoms with Crippen molar-refractivity contribution in [1.82, 2.24) is 25.3 Å². The molecule has 0 aromatic carbocycles. The van der Waals surface area contributed by atoms with E-state index in [0.29, 0.717) is 18.3 Å². The maximum absolute atomic E-state index is 12.2. The van der Waals surface area contributed by atoms with Crippen molar-refractivity contribution in [3.63, 3.8) is 0 Å². The molecule has 0 aliphatic carbocycles. The molecule has 8 heteroatoms. The van der Waals surface area contributed by atoms with Crippen LogP contribution in [0.1, 0.15) is 43.4 Å². The van der Waals surface area contributed by atoms with Gasteiger partial charge in [0.05, 0.1) is 24.9 Å². The summed E-state index contributed by atoms with van der Waals surface area (Å²) in [5.41, 5.74) is 0. The molecule has 1 aliphatic heterocycles. The molecule has 3 rings (SSSR count). The first-order valence-corrected chi connectivity index (χ1v) is 8.62. The molecule has 1 fully saturated rings. The summed E-state index contributed by atoms with van der Waals surface area (Å²) in [7, 11) is 0. The minimum Gasteiger partial charge on any atom is -0.467 e.